The van der Waals surface area contributed by atoms with Crippen LogP contribution >= 0.6 is 15.9 Å². The summed E-state index contributed by atoms with van der Waals surface area (Å²) in [6.07, 6.45) is 4.24. The van der Waals surface area contributed by atoms with Crippen LogP contribution in [0.5, 0.6) is 0 Å². The van der Waals surface area contributed by atoms with Gasteiger partial charge in [-0.2, -0.15) is 0 Å². The fourth-order valence-electron chi connectivity index (χ4n) is 2.56. The van der Waals surface area contributed by atoms with Gasteiger partial charge in [-0.3, -0.25) is 0 Å². The number of hydrogen-bond acceptors (Lipinski definition) is 1. The van der Waals surface area contributed by atoms with Crippen molar-refractivity contribution in [2.45, 2.75) is 32.7 Å². The van der Waals surface area contributed by atoms with Gasteiger partial charge >= 0.3 is 0 Å². The van der Waals surface area contributed by atoms with Gasteiger partial charge in [-0.05, 0) is 36.4 Å². The van der Waals surface area contributed by atoms with Crippen molar-refractivity contribution in [3.63, 3.8) is 0 Å². The zero-order valence-corrected chi connectivity index (χ0v) is 11.5. The van der Waals surface area contributed by atoms with Crippen LogP contribution in [0.25, 0.3) is 0 Å². The first-order valence-corrected chi connectivity index (χ1v) is 7.01. The lowest BCUT2D eigenvalue weighted by Crippen LogP contribution is -2.24. The van der Waals surface area contributed by atoms with E-state index in [9.17, 15) is 0 Å². The molecule has 1 aliphatic rings. The normalized spacial score (nSPS) is 24.9. The van der Waals surface area contributed by atoms with E-state index in [-0.39, 0.29) is 0 Å². The fraction of sp³-hybridized carbons (Fsp3) is 0.571. The van der Waals surface area contributed by atoms with E-state index >= 15 is 0 Å². The van der Waals surface area contributed by atoms with Gasteiger partial charge in [0.1, 0.15) is 0 Å². The summed E-state index contributed by atoms with van der Waals surface area (Å²) in [6, 6.07) is 8.44. The van der Waals surface area contributed by atoms with Crippen LogP contribution in [-0.2, 0) is 6.54 Å². The average Bonchev–Trinajstić information content (AvgIpc) is 2.67. The summed E-state index contributed by atoms with van der Waals surface area (Å²) in [5, 5.41) is 3.58. The molecule has 0 amide bonds. The summed E-state index contributed by atoms with van der Waals surface area (Å²) < 4.78 is 1.21. The molecule has 1 aromatic rings. The van der Waals surface area contributed by atoms with Crippen LogP contribution in [0.3, 0.4) is 0 Å². The van der Waals surface area contributed by atoms with Gasteiger partial charge in [0, 0.05) is 11.0 Å². The minimum absolute atomic E-state index is 0.891. The molecule has 1 aliphatic carbocycles. The van der Waals surface area contributed by atoms with E-state index in [1.165, 1.54) is 35.8 Å². The lowest BCUT2D eigenvalue weighted by molar-refractivity contribution is 0.392. The van der Waals surface area contributed by atoms with Gasteiger partial charge in [-0.25, -0.2) is 0 Å². The van der Waals surface area contributed by atoms with Crippen LogP contribution in [0.15, 0.2) is 28.7 Å². The van der Waals surface area contributed by atoms with Crippen molar-refractivity contribution in [3.05, 3.63) is 34.3 Å². The van der Waals surface area contributed by atoms with Gasteiger partial charge in [0.15, 0.2) is 0 Å². The van der Waals surface area contributed by atoms with Crippen LogP contribution < -0.4 is 5.32 Å². The third kappa shape index (κ3) is 3.08. The van der Waals surface area contributed by atoms with Crippen molar-refractivity contribution in [1.29, 1.82) is 0 Å². The molecule has 2 rings (SSSR count). The Morgan fingerprint density at radius 2 is 2.12 bits per heavy atom. The summed E-state index contributed by atoms with van der Waals surface area (Å²) in [5.74, 6) is 1.80. The maximum atomic E-state index is 3.58. The third-order valence-corrected chi connectivity index (χ3v) is 4.49. The number of nitrogens with one attached hydrogen (secondary N) is 1. The van der Waals surface area contributed by atoms with E-state index in [2.05, 4.69) is 52.4 Å². The molecular formula is C14H20BrN. The maximum Gasteiger partial charge on any atom is 0.0220 e. The Balaban J connectivity index is 1.78. The quantitative estimate of drug-likeness (QED) is 0.881. The van der Waals surface area contributed by atoms with Crippen molar-refractivity contribution in [1.82, 2.24) is 5.32 Å². The van der Waals surface area contributed by atoms with Crippen LogP contribution in [-0.4, -0.2) is 6.54 Å². The largest absolute Gasteiger partial charge is 0.312 e. The SMILES string of the molecule is CC1CCCC1CNCc1ccccc1Br. The highest BCUT2D eigenvalue weighted by molar-refractivity contribution is 9.10. The highest BCUT2D eigenvalue weighted by atomic mass is 79.9. The molecule has 0 radical (unpaired) electrons. The molecule has 2 unspecified atom stereocenters. The van der Waals surface area contributed by atoms with Gasteiger partial charge in [-0.15, -0.1) is 0 Å². The Kier molecular flexibility index (Phi) is 4.42. The molecule has 2 heteroatoms. The van der Waals surface area contributed by atoms with Crippen molar-refractivity contribution >= 4 is 15.9 Å². The van der Waals surface area contributed by atoms with Crippen molar-refractivity contribution in [2.24, 2.45) is 11.8 Å². The Bertz CT molecular complexity index is 337. The Hall–Kier alpha value is -0.340. The number of halogens is 1. The van der Waals surface area contributed by atoms with E-state index in [4.69, 9.17) is 0 Å². The first kappa shape index (κ1) is 12.1. The fourth-order valence-corrected chi connectivity index (χ4v) is 2.98. The van der Waals surface area contributed by atoms with Crippen LogP contribution in [0.1, 0.15) is 31.7 Å². The lowest BCUT2D eigenvalue weighted by Gasteiger charge is -2.16. The number of rotatable bonds is 4. The summed E-state index contributed by atoms with van der Waals surface area (Å²) in [4.78, 5) is 0. The molecule has 2 atom stereocenters. The Morgan fingerprint density at radius 3 is 2.81 bits per heavy atom. The summed E-state index contributed by atoms with van der Waals surface area (Å²) in [6.45, 7) is 4.53. The third-order valence-electron chi connectivity index (χ3n) is 3.72. The van der Waals surface area contributed by atoms with Crippen molar-refractivity contribution < 1.29 is 0 Å². The highest BCUT2D eigenvalue weighted by Gasteiger charge is 2.22. The molecule has 1 saturated carbocycles. The van der Waals surface area contributed by atoms with Gasteiger partial charge in [0.2, 0.25) is 0 Å². The van der Waals surface area contributed by atoms with E-state index in [0.717, 1.165) is 18.4 Å². The molecule has 1 aromatic carbocycles. The van der Waals surface area contributed by atoms with Crippen molar-refractivity contribution in [2.75, 3.05) is 6.54 Å². The second-order valence-electron chi connectivity index (χ2n) is 4.89. The minimum Gasteiger partial charge on any atom is -0.312 e. The standard InChI is InChI=1S/C14H20BrN/c1-11-5-4-7-12(11)9-16-10-13-6-2-3-8-14(13)15/h2-3,6,8,11-12,16H,4-5,7,9-10H2,1H3. The smallest absolute Gasteiger partial charge is 0.0220 e. The molecule has 0 heterocycles. The summed E-state index contributed by atoms with van der Waals surface area (Å²) >= 11 is 3.58. The molecule has 0 spiro atoms. The zero-order chi connectivity index (χ0) is 11.4. The Morgan fingerprint density at radius 1 is 1.31 bits per heavy atom. The predicted molar refractivity (Wildman–Crippen MR) is 72.4 cm³/mol. The van der Waals surface area contributed by atoms with Gasteiger partial charge in [0.05, 0.1) is 0 Å². The molecular weight excluding hydrogens is 262 g/mol. The topological polar surface area (TPSA) is 12.0 Å². The summed E-state index contributed by atoms with van der Waals surface area (Å²) in [5.41, 5.74) is 1.35. The Labute approximate surface area is 107 Å². The second-order valence-corrected chi connectivity index (χ2v) is 5.74. The molecule has 0 bridgehead atoms. The first-order chi connectivity index (χ1) is 7.77. The predicted octanol–water partition coefficient (Wildman–Crippen LogP) is 3.97. The van der Waals surface area contributed by atoms with Gasteiger partial charge in [-0.1, -0.05) is 53.9 Å². The van der Waals surface area contributed by atoms with E-state index in [1.54, 1.807) is 0 Å². The van der Waals surface area contributed by atoms with Crippen LogP contribution in [0.2, 0.25) is 0 Å². The molecule has 1 fully saturated rings. The van der Waals surface area contributed by atoms with Gasteiger partial charge in [0.25, 0.3) is 0 Å². The molecule has 0 aromatic heterocycles. The molecule has 1 N–H and O–H groups in total. The highest BCUT2D eigenvalue weighted by Crippen LogP contribution is 2.30. The second kappa shape index (κ2) is 5.83. The first-order valence-electron chi connectivity index (χ1n) is 6.21. The molecule has 16 heavy (non-hydrogen) atoms. The van der Waals surface area contributed by atoms with Crippen LogP contribution in [0.4, 0.5) is 0 Å². The molecule has 0 aliphatic heterocycles. The van der Waals surface area contributed by atoms with E-state index < -0.39 is 0 Å². The number of hydrogen-bond donors (Lipinski definition) is 1. The average molecular weight is 282 g/mol. The monoisotopic (exact) mass is 281 g/mol. The molecule has 0 saturated heterocycles. The van der Waals surface area contributed by atoms with E-state index in [0.29, 0.717) is 0 Å². The van der Waals surface area contributed by atoms with Crippen molar-refractivity contribution in [3.8, 4) is 0 Å². The van der Waals surface area contributed by atoms with Crippen LogP contribution in [0, 0.1) is 11.8 Å². The minimum atomic E-state index is 0.891. The van der Waals surface area contributed by atoms with E-state index in [1.807, 2.05) is 0 Å². The molecule has 1 nitrogen and oxygen atoms in total. The van der Waals surface area contributed by atoms with Gasteiger partial charge < -0.3 is 5.32 Å². The maximum absolute atomic E-state index is 3.58. The lowest BCUT2D eigenvalue weighted by atomic mass is 9.98. The zero-order valence-electron chi connectivity index (χ0n) is 9.88. The summed E-state index contributed by atoms with van der Waals surface area (Å²) in [7, 11) is 0. The molecule has 88 valence electrons. The number of benzene rings is 1.